The van der Waals surface area contributed by atoms with Crippen LogP contribution in [0.15, 0.2) is 6.33 Å². The van der Waals surface area contributed by atoms with Crippen molar-refractivity contribution in [1.29, 1.82) is 0 Å². The molecule has 0 amide bonds. The molecule has 1 aromatic rings. The molecule has 1 aromatic heterocycles. The van der Waals surface area contributed by atoms with Gasteiger partial charge in [-0.05, 0) is 0 Å². The van der Waals surface area contributed by atoms with Crippen molar-refractivity contribution >= 4 is 0 Å². The van der Waals surface area contributed by atoms with Gasteiger partial charge in [-0.2, -0.15) is 0 Å². The average molecular weight is 112 g/mol. The Morgan fingerprint density at radius 2 is 2.62 bits per heavy atom. The lowest BCUT2D eigenvalue weighted by atomic mass is 10.5. The monoisotopic (exact) mass is 112 g/mol. The molecule has 1 rings (SSSR count). The van der Waals surface area contributed by atoms with Gasteiger partial charge < -0.3 is 5.84 Å². The minimum absolute atomic E-state index is 0.810. The molecule has 4 heteroatoms. The minimum atomic E-state index is 0.810. The summed E-state index contributed by atoms with van der Waals surface area (Å²) in [6.07, 6.45) is 2.31. The fourth-order valence-corrected chi connectivity index (χ4v) is 0.520. The Morgan fingerprint density at radius 1 is 1.88 bits per heavy atom. The molecule has 0 saturated heterocycles. The Hall–Kier alpha value is -1.06. The van der Waals surface area contributed by atoms with Gasteiger partial charge in [0.05, 0.1) is 0 Å². The van der Waals surface area contributed by atoms with E-state index in [2.05, 4.69) is 10.2 Å². The molecule has 0 spiro atoms. The summed E-state index contributed by atoms with van der Waals surface area (Å²) in [5, 5.41) is 7.30. The average Bonchev–Trinajstić information content (AvgIpc) is 2.14. The third-order valence-corrected chi connectivity index (χ3v) is 0.963. The van der Waals surface area contributed by atoms with Gasteiger partial charge in [-0.1, -0.05) is 6.92 Å². The van der Waals surface area contributed by atoms with Crippen molar-refractivity contribution in [2.75, 3.05) is 5.84 Å². The standard InChI is InChI=1S/C4H8N4/c1-2-4-7-6-3-8(4)5/h3H,2,5H2,1H3. The van der Waals surface area contributed by atoms with E-state index in [1.165, 1.54) is 11.0 Å². The van der Waals surface area contributed by atoms with Gasteiger partial charge in [0.15, 0.2) is 5.82 Å². The lowest BCUT2D eigenvalue weighted by Crippen LogP contribution is -2.10. The zero-order chi connectivity index (χ0) is 5.98. The van der Waals surface area contributed by atoms with E-state index in [-0.39, 0.29) is 0 Å². The first-order valence-electron chi connectivity index (χ1n) is 2.48. The maximum atomic E-state index is 5.34. The van der Waals surface area contributed by atoms with E-state index in [0.29, 0.717) is 0 Å². The number of nitrogens with zero attached hydrogens (tertiary/aromatic N) is 3. The molecule has 8 heavy (non-hydrogen) atoms. The van der Waals surface area contributed by atoms with Crippen molar-refractivity contribution in [3.8, 4) is 0 Å². The molecular formula is C4H8N4. The van der Waals surface area contributed by atoms with Gasteiger partial charge in [0.1, 0.15) is 6.33 Å². The van der Waals surface area contributed by atoms with Gasteiger partial charge in [-0.15, -0.1) is 10.2 Å². The van der Waals surface area contributed by atoms with Gasteiger partial charge in [0, 0.05) is 6.42 Å². The van der Waals surface area contributed by atoms with Crippen molar-refractivity contribution in [2.24, 2.45) is 0 Å². The molecular weight excluding hydrogens is 104 g/mol. The maximum Gasteiger partial charge on any atom is 0.151 e. The van der Waals surface area contributed by atoms with Crippen LogP contribution in [0.4, 0.5) is 0 Å². The third kappa shape index (κ3) is 0.641. The number of nitrogen functional groups attached to an aromatic ring is 1. The van der Waals surface area contributed by atoms with Gasteiger partial charge in [-0.25, -0.2) is 4.68 Å². The highest BCUT2D eigenvalue weighted by atomic mass is 15.4. The zero-order valence-corrected chi connectivity index (χ0v) is 4.70. The van der Waals surface area contributed by atoms with Crippen LogP contribution in [-0.4, -0.2) is 14.9 Å². The van der Waals surface area contributed by atoms with Crippen LogP contribution >= 0.6 is 0 Å². The summed E-state index contributed by atoms with van der Waals surface area (Å²) in [5.74, 6) is 6.15. The molecule has 0 radical (unpaired) electrons. The fraction of sp³-hybridized carbons (Fsp3) is 0.500. The fourth-order valence-electron chi connectivity index (χ4n) is 0.520. The third-order valence-electron chi connectivity index (χ3n) is 0.963. The van der Waals surface area contributed by atoms with Crippen LogP contribution < -0.4 is 5.84 Å². The van der Waals surface area contributed by atoms with Crippen LogP contribution in [0.5, 0.6) is 0 Å². The van der Waals surface area contributed by atoms with E-state index in [0.717, 1.165) is 12.2 Å². The van der Waals surface area contributed by atoms with Crippen molar-refractivity contribution in [1.82, 2.24) is 14.9 Å². The molecule has 0 aromatic carbocycles. The molecule has 0 unspecified atom stereocenters. The Morgan fingerprint density at radius 3 is 2.88 bits per heavy atom. The Bertz CT molecular complexity index is 168. The van der Waals surface area contributed by atoms with E-state index in [9.17, 15) is 0 Å². The summed E-state index contributed by atoms with van der Waals surface area (Å²) in [6.45, 7) is 1.98. The first kappa shape index (κ1) is 5.08. The predicted molar refractivity (Wildman–Crippen MR) is 29.6 cm³/mol. The first-order chi connectivity index (χ1) is 3.84. The largest absolute Gasteiger partial charge is 0.336 e. The number of rotatable bonds is 1. The van der Waals surface area contributed by atoms with Crippen molar-refractivity contribution < 1.29 is 0 Å². The molecule has 44 valence electrons. The summed E-state index contributed by atoms with van der Waals surface area (Å²) < 4.78 is 1.42. The number of aromatic nitrogens is 3. The summed E-state index contributed by atoms with van der Waals surface area (Å²) >= 11 is 0. The van der Waals surface area contributed by atoms with Gasteiger partial charge in [-0.3, -0.25) is 0 Å². The molecule has 0 fully saturated rings. The van der Waals surface area contributed by atoms with E-state index in [1.807, 2.05) is 6.92 Å². The van der Waals surface area contributed by atoms with Crippen LogP contribution in [0.2, 0.25) is 0 Å². The zero-order valence-electron chi connectivity index (χ0n) is 4.70. The molecule has 1 heterocycles. The molecule has 0 aliphatic rings. The Kier molecular flexibility index (Phi) is 1.15. The Balaban J connectivity index is 2.92. The number of hydrogen-bond acceptors (Lipinski definition) is 3. The van der Waals surface area contributed by atoms with Crippen molar-refractivity contribution in [2.45, 2.75) is 13.3 Å². The summed E-state index contributed by atoms with van der Waals surface area (Å²) in [6, 6.07) is 0. The van der Waals surface area contributed by atoms with Crippen molar-refractivity contribution in [3.63, 3.8) is 0 Å². The van der Waals surface area contributed by atoms with E-state index in [1.54, 1.807) is 0 Å². The van der Waals surface area contributed by atoms with Gasteiger partial charge in [0.2, 0.25) is 0 Å². The van der Waals surface area contributed by atoms with Crippen LogP contribution in [0.3, 0.4) is 0 Å². The molecule has 0 aliphatic heterocycles. The second-order valence-electron chi connectivity index (χ2n) is 1.51. The normalized spacial score (nSPS) is 9.62. The lowest BCUT2D eigenvalue weighted by molar-refractivity contribution is 0.854. The topological polar surface area (TPSA) is 56.7 Å². The van der Waals surface area contributed by atoms with E-state index in [4.69, 9.17) is 5.84 Å². The number of aryl methyl sites for hydroxylation is 1. The molecule has 0 bridgehead atoms. The molecule has 2 N–H and O–H groups in total. The van der Waals surface area contributed by atoms with Gasteiger partial charge in [0.25, 0.3) is 0 Å². The van der Waals surface area contributed by atoms with E-state index < -0.39 is 0 Å². The highest BCUT2D eigenvalue weighted by Gasteiger charge is 1.93. The van der Waals surface area contributed by atoms with Crippen LogP contribution in [0.1, 0.15) is 12.7 Å². The van der Waals surface area contributed by atoms with Crippen LogP contribution in [0, 0.1) is 0 Å². The van der Waals surface area contributed by atoms with Gasteiger partial charge >= 0.3 is 0 Å². The Labute approximate surface area is 47.3 Å². The van der Waals surface area contributed by atoms with Crippen molar-refractivity contribution in [3.05, 3.63) is 12.2 Å². The maximum absolute atomic E-state index is 5.34. The first-order valence-corrected chi connectivity index (χ1v) is 2.48. The highest BCUT2D eigenvalue weighted by Crippen LogP contribution is 1.86. The summed E-state index contributed by atoms with van der Waals surface area (Å²) in [7, 11) is 0. The van der Waals surface area contributed by atoms with E-state index >= 15 is 0 Å². The predicted octanol–water partition coefficient (Wildman–Crippen LogP) is -0.446. The minimum Gasteiger partial charge on any atom is -0.336 e. The number of hydrogen-bond donors (Lipinski definition) is 1. The second kappa shape index (κ2) is 1.81. The summed E-state index contributed by atoms with van der Waals surface area (Å²) in [5.41, 5.74) is 0. The molecule has 4 nitrogen and oxygen atoms in total. The molecule has 0 aliphatic carbocycles. The SMILES string of the molecule is CCc1nncn1N. The molecule has 0 saturated carbocycles. The van der Waals surface area contributed by atoms with Crippen LogP contribution in [0.25, 0.3) is 0 Å². The number of nitrogens with two attached hydrogens (primary N) is 1. The summed E-state index contributed by atoms with van der Waals surface area (Å²) in [4.78, 5) is 0. The lowest BCUT2D eigenvalue weighted by Gasteiger charge is -1.90. The molecule has 0 atom stereocenters. The second-order valence-corrected chi connectivity index (χ2v) is 1.51. The smallest absolute Gasteiger partial charge is 0.151 e. The van der Waals surface area contributed by atoms with Crippen LogP contribution in [-0.2, 0) is 6.42 Å². The highest BCUT2D eigenvalue weighted by molar-refractivity contribution is 4.82. The quantitative estimate of drug-likeness (QED) is 0.501.